The number of hydrogen-bond acceptors (Lipinski definition) is 1. The van der Waals surface area contributed by atoms with E-state index in [1.54, 1.807) is 15.1 Å². The van der Waals surface area contributed by atoms with Gasteiger partial charge in [0.25, 0.3) is 0 Å². The third-order valence-corrected chi connectivity index (χ3v) is 7.65. The summed E-state index contributed by atoms with van der Waals surface area (Å²) in [6.45, 7) is 14.1. The Balaban J connectivity index is 3.12. The second kappa shape index (κ2) is 6.17. The molecule has 0 fully saturated rings. The van der Waals surface area contributed by atoms with Gasteiger partial charge in [0.15, 0.2) is 0 Å². The minimum atomic E-state index is 0.0251. The molecule has 0 saturated carbocycles. The van der Waals surface area contributed by atoms with Gasteiger partial charge in [-0.3, -0.25) is 0 Å². The molecule has 1 heterocycles. The van der Waals surface area contributed by atoms with Gasteiger partial charge in [-0.05, 0) is 35.5 Å². The average Bonchev–Trinajstić information content (AvgIpc) is 2.60. The van der Waals surface area contributed by atoms with Crippen LogP contribution in [0.15, 0.2) is 6.07 Å². The number of hydrogen-bond donors (Lipinski definition) is 0. The standard InChI is InChI=1S/C14H25PS/c1-7-12-9-13(14(8-2)16-12)15(10(3)4)11(5)6/h9-11H,7-8H2,1-6H3. The van der Waals surface area contributed by atoms with Gasteiger partial charge in [-0.15, -0.1) is 11.3 Å². The zero-order valence-electron chi connectivity index (χ0n) is 11.5. The average molecular weight is 256 g/mol. The van der Waals surface area contributed by atoms with E-state index in [9.17, 15) is 0 Å². The molecule has 16 heavy (non-hydrogen) atoms. The van der Waals surface area contributed by atoms with Gasteiger partial charge < -0.3 is 0 Å². The number of aryl methyl sites for hydroxylation is 2. The summed E-state index contributed by atoms with van der Waals surface area (Å²) in [6, 6.07) is 2.50. The lowest BCUT2D eigenvalue weighted by molar-refractivity contribution is 1.02. The van der Waals surface area contributed by atoms with Crippen LogP contribution >= 0.6 is 19.3 Å². The van der Waals surface area contributed by atoms with E-state index in [4.69, 9.17) is 0 Å². The fourth-order valence-corrected chi connectivity index (χ4v) is 6.81. The highest BCUT2D eigenvalue weighted by Crippen LogP contribution is 2.47. The molecule has 1 aromatic heterocycles. The van der Waals surface area contributed by atoms with Crippen molar-refractivity contribution in [1.29, 1.82) is 0 Å². The quantitative estimate of drug-likeness (QED) is 0.664. The summed E-state index contributed by atoms with van der Waals surface area (Å²) < 4.78 is 0. The fourth-order valence-electron chi connectivity index (χ4n) is 2.27. The summed E-state index contributed by atoms with van der Waals surface area (Å²) in [6.07, 6.45) is 2.40. The summed E-state index contributed by atoms with van der Waals surface area (Å²) in [7, 11) is 0.0251. The van der Waals surface area contributed by atoms with E-state index in [1.807, 2.05) is 11.3 Å². The molecule has 0 nitrogen and oxygen atoms in total. The topological polar surface area (TPSA) is 0 Å². The molecule has 0 radical (unpaired) electrons. The Hall–Kier alpha value is 0.130. The molecular weight excluding hydrogens is 231 g/mol. The maximum Gasteiger partial charge on any atom is 0.0122 e. The van der Waals surface area contributed by atoms with Crippen molar-refractivity contribution < 1.29 is 0 Å². The Labute approximate surface area is 106 Å². The van der Waals surface area contributed by atoms with Crippen LogP contribution in [0.5, 0.6) is 0 Å². The lowest BCUT2D eigenvalue weighted by Crippen LogP contribution is -2.16. The largest absolute Gasteiger partial charge is 0.145 e. The molecule has 2 heteroatoms. The molecule has 92 valence electrons. The van der Waals surface area contributed by atoms with Crippen LogP contribution in [0.3, 0.4) is 0 Å². The van der Waals surface area contributed by atoms with Crippen molar-refractivity contribution in [3.05, 3.63) is 15.8 Å². The second-order valence-corrected chi connectivity index (χ2v) is 9.41. The highest BCUT2D eigenvalue weighted by atomic mass is 32.1. The lowest BCUT2D eigenvalue weighted by Gasteiger charge is -2.26. The van der Waals surface area contributed by atoms with E-state index in [0.717, 1.165) is 11.3 Å². The summed E-state index contributed by atoms with van der Waals surface area (Å²) >= 11 is 2.04. The van der Waals surface area contributed by atoms with Crippen LogP contribution in [0.2, 0.25) is 0 Å². The molecule has 1 aromatic rings. The summed E-state index contributed by atoms with van der Waals surface area (Å²) in [5, 5.41) is 1.70. The molecule has 0 N–H and O–H groups in total. The van der Waals surface area contributed by atoms with Gasteiger partial charge in [0.2, 0.25) is 0 Å². The Morgan fingerprint density at radius 1 is 1.06 bits per heavy atom. The maximum absolute atomic E-state index is 2.50. The first kappa shape index (κ1) is 14.2. The predicted octanol–water partition coefficient (Wildman–Crippen LogP) is 4.80. The normalized spacial score (nSPS) is 12.1. The van der Waals surface area contributed by atoms with E-state index < -0.39 is 0 Å². The molecule has 0 aliphatic heterocycles. The van der Waals surface area contributed by atoms with E-state index in [1.165, 1.54) is 12.8 Å². The molecule has 0 bridgehead atoms. The van der Waals surface area contributed by atoms with E-state index in [0.29, 0.717) is 0 Å². The van der Waals surface area contributed by atoms with Crippen LogP contribution in [0.1, 0.15) is 51.3 Å². The fraction of sp³-hybridized carbons (Fsp3) is 0.714. The van der Waals surface area contributed by atoms with Crippen molar-refractivity contribution in [2.24, 2.45) is 0 Å². The molecule has 0 spiro atoms. The minimum absolute atomic E-state index is 0.0251. The van der Waals surface area contributed by atoms with Gasteiger partial charge in [-0.2, -0.15) is 0 Å². The molecule has 0 unspecified atom stereocenters. The smallest absolute Gasteiger partial charge is 0.0122 e. The first-order chi connectivity index (χ1) is 7.51. The van der Waals surface area contributed by atoms with Crippen LogP contribution in [0.4, 0.5) is 0 Å². The highest BCUT2D eigenvalue weighted by molar-refractivity contribution is 7.67. The van der Waals surface area contributed by atoms with Crippen molar-refractivity contribution in [3.63, 3.8) is 0 Å². The van der Waals surface area contributed by atoms with Crippen molar-refractivity contribution in [3.8, 4) is 0 Å². The Morgan fingerprint density at radius 3 is 2.00 bits per heavy atom. The van der Waals surface area contributed by atoms with Crippen molar-refractivity contribution in [1.82, 2.24) is 0 Å². The minimum Gasteiger partial charge on any atom is -0.145 e. The molecule has 0 aromatic carbocycles. The molecule has 0 aliphatic carbocycles. The first-order valence-corrected chi connectivity index (χ1v) is 8.70. The van der Waals surface area contributed by atoms with Gasteiger partial charge in [0.05, 0.1) is 0 Å². The third kappa shape index (κ3) is 3.08. The van der Waals surface area contributed by atoms with Crippen molar-refractivity contribution in [2.75, 3.05) is 0 Å². The Kier molecular flexibility index (Phi) is 5.47. The van der Waals surface area contributed by atoms with Crippen LogP contribution in [0.25, 0.3) is 0 Å². The molecule has 0 saturated heterocycles. The summed E-state index contributed by atoms with van der Waals surface area (Å²) in [5.74, 6) is 0. The molecule has 0 aliphatic rings. The summed E-state index contributed by atoms with van der Waals surface area (Å²) in [4.78, 5) is 3.21. The van der Waals surface area contributed by atoms with Crippen LogP contribution in [-0.4, -0.2) is 11.3 Å². The van der Waals surface area contributed by atoms with E-state index in [-0.39, 0.29) is 7.92 Å². The molecule has 0 atom stereocenters. The number of thiophene rings is 1. The van der Waals surface area contributed by atoms with E-state index >= 15 is 0 Å². The van der Waals surface area contributed by atoms with Gasteiger partial charge in [0, 0.05) is 9.75 Å². The molecule has 0 amide bonds. The predicted molar refractivity (Wildman–Crippen MR) is 79.9 cm³/mol. The second-order valence-electron chi connectivity index (χ2n) is 4.82. The summed E-state index contributed by atoms with van der Waals surface area (Å²) in [5.41, 5.74) is 1.61. The van der Waals surface area contributed by atoms with Crippen LogP contribution in [-0.2, 0) is 12.8 Å². The highest BCUT2D eigenvalue weighted by Gasteiger charge is 2.22. The van der Waals surface area contributed by atoms with Crippen molar-refractivity contribution >= 4 is 24.6 Å². The lowest BCUT2D eigenvalue weighted by atomic mass is 10.3. The maximum atomic E-state index is 2.50. The van der Waals surface area contributed by atoms with Gasteiger partial charge in [-0.25, -0.2) is 0 Å². The van der Waals surface area contributed by atoms with Gasteiger partial charge in [-0.1, -0.05) is 49.5 Å². The zero-order valence-corrected chi connectivity index (χ0v) is 13.2. The molecule has 1 rings (SSSR count). The van der Waals surface area contributed by atoms with Crippen LogP contribution in [0, 0.1) is 0 Å². The van der Waals surface area contributed by atoms with Crippen molar-refractivity contribution in [2.45, 2.75) is 65.7 Å². The third-order valence-electron chi connectivity index (χ3n) is 2.90. The number of rotatable bonds is 5. The SMILES string of the molecule is CCc1cc(P(C(C)C)C(C)C)c(CC)s1. The monoisotopic (exact) mass is 256 g/mol. The van der Waals surface area contributed by atoms with Gasteiger partial charge in [0.1, 0.15) is 0 Å². The van der Waals surface area contributed by atoms with Crippen LogP contribution < -0.4 is 5.30 Å². The Morgan fingerprint density at radius 2 is 1.62 bits per heavy atom. The zero-order chi connectivity index (χ0) is 12.3. The van der Waals surface area contributed by atoms with E-state index in [2.05, 4.69) is 47.6 Å². The van der Waals surface area contributed by atoms with Gasteiger partial charge >= 0.3 is 0 Å². The first-order valence-electron chi connectivity index (χ1n) is 6.41. The molecular formula is C14H25PS. The Bertz CT molecular complexity index is 317.